The summed E-state index contributed by atoms with van der Waals surface area (Å²) in [6, 6.07) is 5.58. The lowest BCUT2D eigenvalue weighted by Crippen LogP contribution is -2.29. The number of aryl methyl sites for hydroxylation is 3. The molecule has 4 aromatic heterocycles. The van der Waals surface area contributed by atoms with Crippen LogP contribution in [0.25, 0.3) is 17.0 Å². The second-order valence-electron chi connectivity index (χ2n) is 6.65. The van der Waals surface area contributed by atoms with Crippen molar-refractivity contribution in [3.63, 3.8) is 0 Å². The van der Waals surface area contributed by atoms with Crippen molar-refractivity contribution < 1.29 is 9.32 Å². The van der Waals surface area contributed by atoms with Gasteiger partial charge >= 0.3 is 6.01 Å². The van der Waals surface area contributed by atoms with Crippen LogP contribution in [0.4, 0.5) is 6.01 Å². The third-order valence-corrected chi connectivity index (χ3v) is 4.56. The Morgan fingerprint density at radius 2 is 1.97 bits per heavy atom. The van der Waals surface area contributed by atoms with Crippen molar-refractivity contribution in [2.75, 3.05) is 5.43 Å². The second kappa shape index (κ2) is 7.66. The SMILES string of the molecule is Cc1cc2nc(C)c(CCC(=O)NNc3nc(-c4ccncc4)no3)c(C)n2n1. The number of carbonyl (C=O) groups is 1. The molecule has 0 saturated heterocycles. The second-order valence-corrected chi connectivity index (χ2v) is 6.65. The highest BCUT2D eigenvalue weighted by molar-refractivity contribution is 5.77. The van der Waals surface area contributed by atoms with Gasteiger partial charge in [0.05, 0.1) is 5.69 Å². The molecule has 0 radical (unpaired) electrons. The summed E-state index contributed by atoms with van der Waals surface area (Å²) in [5.41, 5.74) is 10.6. The molecule has 148 valence electrons. The molecule has 1 amide bonds. The highest BCUT2D eigenvalue weighted by Crippen LogP contribution is 2.18. The summed E-state index contributed by atoms with van der Waals surface area (Å²) < 4.78 is 6.90. The highest BCUT2D eigenvalue weighted by Gasteiger charge is 2.14. The first-order chi connectivity index (χ1) is 14.0. The maximum atomic E-state index is 12.2. The Labute approximate surface area is 166 Å². The van der Waals surface area contributed by atoms with Gasteiger partial charge in [-0.25, -0.2) is 14.9 Å². The van der Waals surface area contributed by atoms with Crippen LogP contribution in [-0.2, 0) is 11.2 Å². The largest absolute Gasteiger partial charge is 0.340 e. The van der Waals surface area contributed by atoms with Crippen molar-refractivity contribution in [2.45, 2.75) is 33.6 Å². The molecule has 4 aromatic rings. The van der Waals surface area contributed by atoms with Gasteiger partial charge in [0.25, 0.3) is 0 Å². The zero-order chi connectivity index (χ0) is 20.4. The Morgan fingerprint density at radius 3 is 2.76 bits per heavy atom. The topological polar surface area (TPSA) is 123 Å². The Morgan fingerprint density at radius 1 is 1.17 bits per heavy atom. The number of rotatable bonds is 6. The first-order valence-electron chi connectivity index (χ1n) is 9.12. The molecule has 0 fully saturated rings. The summed E-state index contributed by atoms with van der Waals surface area (Å²) in [4.78, 5) is 24.9. The van der Waals surface area contributed by atoms with Gasteiger partial charge in [0.1, 0.15) is 0 Å². The number of pyridine rings is 1. The summed E-state index contributed by atoms with van der Waals surface area (Å²) in [5, 5.41) is 8.32. The molecule has 10 heteroatoms. The van der Waals surface area contributed by atoms with Crippen LogP contribution in [0.5, 0.6) is 0 Å². The summed E-state index contributed by atoms with van der Waals surface area (Å²) in [5.74, 6) is 0.202. The van der Waals surface area contributed by atoms with E-state index in [-0.39, 0.29) is 18.3 Å². The van der Waals surface area contributed by atoms with Gasteiger partial charge in [-0.1, -0.05) is 5.16 Å². The molecular formula is C19H20N8O2. The number of aromatic nitrogens is 6. The lowest BCUT2D eigenvalue weighted by Gasteiger charge is -2.11. The number of fused-ring (bicyclic) bond motifs is 1. The Hall–Kier alpha value is -3.82. The summed E-state index contributed by atoms with van der Waals surface area (Å²) >= 11 is 0. The number of anilines is 1. The quantitative estimate of drug-likeness (QED) is 0.479. The van der Waals surface area contributed by atoms with Gasteiger partial charge in [-0.15, -0.1) is 0 Å². The van der Waals surface area contributed by atoms with Gasteiger partial charge in [-0.05, 0) is 44.9 Å². The van der Waals surface area contributed by atoms with Crippen molar-refractivity contribution >= 4 is 17.6 Å². The molecule has 0 aliphatic carbocycles. The van der Waals surface area contributed by atoms with Crippen LogP contribution in [0.3, 0.4) is 0 Å². The number of carbonyl (C=O) groups excluding carboxylic acids is 1. The molecule has 0 atom stereocenters. The number of hydrogen-bond acceptors (Lipinski definition) is 8. The summed E-state index contributed by atoms with van der Waals surface area (Å²) in [6.45, 7) is 5.86. The maximum absolute atomic E-state index is 12.2. The zero-order valence-electron chi connectivity index (χ0n) is 16.3. The minimum atomic E-state index is -0.204. The van der Waals surface area contributed by atoms with Crippen molar-refractivity contribution in [1.29, 1.82) is 0 Å². The monoisotopic (exact) mass is 392 g/mol. The van der Waals surface area contributed by atoms with Gasteiger partial charge in [-0.3, -0.25) is 15.2 Å². The van der Waals surface area contributed by atoms with E-state index in [1.807, 2.05) is 31.4 Å². The maximum Gasteiger partial charge on any atom is 0.340 e. The molecule has 29 heavy (non-hydrogen) atoms. The van der Waals surface area contributed by atoms with Crippen molar-refractivity contribution in [1.82, 2.24) is 35.1 Å². The lowest BCUT2D eigenvalue weighted by molar-refractivity contribution is -0.120. The smallest absolute Gasteiger partial charge is 0.313 e. The molecule has 0 aliphatic rings. The Balaban J connectivity index is 1.36. The van der Waals surface area contributed by atoms with Gasteiger partial charge in [-0.2, -0.15) is 10.1 Å². The molecule has 10 nitrogen and oxygen atoms in total. The van der Waals surface area contributed by atoms with E-state index in [2.05, 4.69) is 36.1 Å². The van der Waals surface area contributed by atoms with Gasteiger partial charge in [0, 0.05) is 41.8 Å². The Bertz CT molecular complexity index is 1170. The molecule has 2 N–H and O–H groups in total. The minimum Gasteiger partial charge on any atom is -0.313 e. The average molecular weight is 392 g/mol. The van der Waals surface area contributed by atoms with Crippen LogP contribution >= 0.6 is 0 Å². The third-order valence-electron chi connectivity index (χ3n) is 4.56. The predicted molar refractivity (Wildman–Crippen MR) is 105 cm³/mol. The summed E-state index contributed by atoms with van der Waals surface area (Å²) in [7, 11) is 0. The summed E-state index contributed by atoms with van der Waals surface area (Å²) in [6.07, 6.45) is 4.09. The van der Waals surface area contributed by atoms with Crippen LogP contribution in [0, 0.1) is 20.8 Å². The van der Waals surface area contributed by atoms with Crippen LogP contribution in [-0.4, -0.2) is 35.6 Å². The highest BCUT2D eigenvalue weighted by atomic mass is 16.5. The fourth-order valence-corrected chi connectivity index (χ4v) is 3.12. The number of nitrogens with zero attached hydrogens (tertiary/aromatic N) is 6. The van der Waals surface area contributed by atoms with Crippen molar-refractivity contribution in [3.8, 4) is 11.4 Å². The third kappa shape index (κ3) is 3.91. The van der Waals surface area contributed by atoms with E-state index in [1.165, 1.54) is 0 Å². The molecule has 0 spiro atoms. The number of nitrogens with one attached hydrogen (secondary N) is 2. The molecular weight excluding hydrogens is 372 g/mol. The van der Waals surface area contributed by atoms with E-state index >= 15 is 0 Å². The number of amides is 1. The molecule has 0 unspecified atom stereocenters. The number of hydrazine groups is 1. The van der Waals surface area contributed by atoms with Crippen LogP contribution in [0.2, 0.25) is 0 Å². The number of hydrogen-bond donors (Lipinski definition) is 2. The van der Waals surface area contributed by atoms with E-state index in [0.29, 0.717) is 12.2 Å². The first-order valence-corrected chi connectivity index (χ1v) is 9.12. The molecule has 4 heterocycles. The molecule has 0 bridgehead atoms. The van der Waals surface area contributed by atoms with Crippen LogP contribution < -0.4 is 10.9 Å². The van der Waals surface area contributed by atoms with Crippen molar-refractivity contribution in [2.24, 2.45) is 0 Å². The van der Waals surface area contributed by atoms with E-state index in [0.717, 1.165) is 33.9 Å². The van der Waals surface area contributed by atoms with E-state index in [1.54, 1.807) is 24.5 Å². The van der Waals surface area contributed by atoms with E-state index in [9.17, 15) is 4.79 Å². The van der Waals surface area contributed by atoms with Gasteiger partial charge in [0.2, 0.25) is 11.7 Å². The van der Waals surface area contributed by atoms with E-state index in [4.69, 9.17) is 4.52 Å². The molecule has 4 rings (SSSR count). The van der Waals surface area contributed by atoms with Crippen LogP contribution in [0.1, 0.15) is 29.1 Å². The fourth-order valence-electron chi connectivity index (χ4n) is 3.12. The first kappa shape index (κ1) is 18.5. The standard InChI is InChI=1S/C19H20N8O2/c1-11-10-16-21-12(2)15(13(3)27(16)25-11)4-5-17(28)23-24-19-22-18(26-29-19)14-6-8-20-9-7-14/h6-10H,4-5H2,1-3H3,(H,23,28)(H,22,24,26). The Kier molecular flexibility index (Phi) is 4.90. The molecule has 0 aromatic carbocycles. The van der Waals surface area contributed by atoms with Crippen LogP contribution in [0.15, 0.2) is 35.1 Å². The van der Waals surface area contributed by atoms with E-state index < -0.39 is 0 Å². The average Bonchev–Trinajstić information content (AvgIpc) is 3.33. The normalized spacial score (nSPS) is 11.0. The van der Waals surface area contributed by atoms with Gasteiger partial charge < -0.3 is 4.52 Å². The van der Waals surface area contributed by atoms with Crippen molar-refractivity contribution in [3.05, 3.63) is 53.2 Å². The zero-order valence-corrected chi connectivity index (χ0v) is 16.3. The predicted octanol–water partition coefficient (Wildman–Crippen LogP) is 2.18. The fraction of sp³-hybridized carbons (Fsp3) is 0.263. The van der Waals surface area contributed by atoms with Gasteiger partial charge in [0.15, 0.2) is 5.65 Å². The molecule has 0 aliphatic heterocycles. The minimum absolute atomic E-state index is 0.104. The lowest BCUT2D eigenvalue weighted by atomic mass is 10.1. The molecule has 0 saturated carbocycles.